The number of hydrogen-bond acceptors (Lipinski definition) is 5. The topological polar surface area (TPSA) is 65.1 Å². The molecule has 1 aliphatic rings. The molecule has 1 saturated heterocycles. The largest absolute Gasteiger partial charge is 0.493 e. The van der Waals surface area contributed by atoms with Crippen LogP contribution < -0.4 is 4.74 Å². The first-order valence-corrected chi connectivity index (χ1v) is 15.0. The van der Waals surface area contributed by atoms with E-state index >= 15 is 0 Å². The van der Waals surface area contributed by atoms with Crippen LogP contribution in [0.1, 0.15) is 88.7 Å². The molecule has 2 aromatic carbocycles. The molecule has 0 saturated carbocycles. The lowest BCUT2D eigenvalue weighted by molar-refractivity contribution is -0.144. The highest BCUT2D eigenvalue weighted by Crippen LogP contribution is 2.29. The first kappa shape index (κ1) is 31.7. The van der Waals surface area contributed by atoms with E-state index in [-0.39, 0.29) is 37.0 Å². The van der Waals surface area contributed by atoms with Crippen molar-refractivity contribution in [1.29, 1.82) is 0 Å². The maximum Gasteiger partial charge on any atom is 0.310 e. The molecular weight excluding hydrogens is 502 g/mol. The Labute approximate surface area is 241 Å². The van der Waals surface area contributed by atoms with Crippen molar-refractivity contribution in [2.24, 2.45) is 17.8 Å². The third kappa shape index (κ3) is 10.3. The molecule has 220 valence electrons. The van der Waals surface area contributed by atoms with Gasteiger partial charge in [-0.2, -0.15) is 0 Å². The van der Waals surface area contributed by atoms with E-state index in [0.29, 0.717) is 54.4 Å². The lowest BCUT2D eigenvalue weighted by Crippen LogP contribution is -2.36. The van der Waals surface area contributed by atoms with Crippen molar-refractivity contribution >= 4 is 11.9 Å². The third-order valence-electron chi connectivity index (χ3n) is 7.08. The third-order valence-corrected chi connectivity index (χ3v) is 7.08. The number of ether oxygens (including phenoxy) is 3. The molecule has 1 heterocycles. The van der Waals surface area contributed by atoms with Gasteiger partial charge in [0.1, 0.15) is 12.4 Å². The summed E-state index contributed by atoms with van der Waals surface area (Å²) < 4.78 is 17.8. The molecule has 2 atom stereocenters. The van der Waals surface area contributed by atoms with E-state index in [9.17, 15) is 9.59 Å². The van der Waals surface area contributed by atoms with Gasteiger partial charge in [0.2, 0.25) is 0 Å². The quantitative estimate of drug-likeness (QED) is 0.221. The normalized spacial score (nSPS) is 17.2. The fourth-order valence-corrected chi connectivity index (χ4v) is 4.97. The Balaban J connectivity index is 1.77. The molecule has 1 amide bonds. The summed E-state index contributed by atoms with van der Waals surface area (Å²) in [5, 5.41) is 0. The second-order valence-electron chi connectivity index (χ2n) is 12.4. The molecule has 3 rings (SSSR count). The molecule has 0 N–H and O–H groups in total. The van der Waals surface area contributed by atoms with Crippen LogP contribution in [0.4, 0.5) is 0 Å². The van der Waals surface area contributed by atoms with Crippen molar-refractivity contribution in [3.8, 4) is 5.75 Å². The Kier molecular flexibility index (Phi) is 12.5. The van der Waals surface area contributed by atoms with Crippen LogP contribution in [0, 0.1) is 17.8 Å². The van der Waals surface area contributed by atoms with Gasteiger partial charge in [-0.3, -0.25) is 9.59 Å². The Morgan fingerprint density at radius 1 is 0.925 bits per heavy atom. The van der Waals surface area contributed by atoms with Crippen molar-refractivity contribution in [3.63, 3.8) is 0 Å². The van der Waals surface area contributed by atoms with Crippen LogP contribution in [0.5, 0.6) is 5.75 Å². The minimum absolute atomic E-state index is 0.0143. The number of hydrogen-bond donors (Lipinski definition) is 0. The molecule has 0 aliphatic carbocycles. The van der Waals surface area contributed by atoms with Crippen LogP contribution in [0.2, 0.25) is 0 Å². The summed E-state index contributed by atoms with van der Waals surface area (Å²) in [6, 6.07) is 15.2. The van der Waals surface area contributed by atoms with E-state index in [1.165, 1.54) is 0 Å². The second-order valence-corrected chi connectivity index (χ2v) is 12.4. The summed E-state index contributed by atoms with van der Waals surface area (Å²) >= 11 is 0. The molecule has 1 fully saturated rings. The highest BCUT2D eigenvalue weighted by molar-refractivity contribution is 5.95. The van der Waals surface area contributed by atoms with E-state index in [0.717, 1.165) is 31.2 Å². The molecule has 0 unspecified atom stereocenters. The summed E-state index contributed by atoms with van der Waals surface area (Å²) in [6.07, 6.45) is 4.16. The molecule has 6 nitrogen and oxygen atoms in total. The number of amides is 1. The number of carbonyl (C=O) groups is 2. The molecule has 40 heavy (non-hydrogen) atoms. The molecule has 0 radical (unpaired) electrons. The van der Waals surface area contributed by atoms with Gasteiger partial charge in [0, 0.05) is 30.3 Å². The number of likely N-dealkylation sites (tertiary alicyclic amines) is 1. The SMILES string of the molecule is CC(C)CCC[C@@H]1C[C@@H](OCC(C)C)CN1C(=O)c1ccc(OCC(C)C)c(CC(=O)OCc2ccccc2)c1. The fourth-order valence-electron chi connectivity index (χ4n) is 4.97. The maximum atomic E-state index is 13.9. The summed E-state index contributed by atoms with van der Waals surface area (Å²) in [6.45, 7) is 15.0. The van der Waals surface area contributed by atoms with Crippen molar-refractivity contribution in [3.05, 3.63) is 65.2 Å². The molecule has 6 heteroatoms. The van der Waals surface area contributed by atoms with Gasteiger partial charge in [-0.15, -0.1) is 0 Å². The first-order valence-electron chi connectivity index (χ1n) is 15.0. The summed E-state index contributed by atoms with van der Waals surface area (Å²) in [4.78, 5) is 28.7. The maximum absolute atomic E-state index is 13.9. The standard InChI is InChI=1S/C34H49NO5/c1-24(2)11-10-14-30-19-31(38-21-25(3)4)20-35(30)34(37)28-15-16-32(39-22-26(5)6)29(17-28)18-33(36)40-23-27-12-8-7-9-13-27/h7-9,12-13,15-17,24-26,30-31H,10-11,14,18-23H2,1-6H3/t30-,31-/m1/s1. The van der Waals surface area contributed by atoms with Crippen LogP contribution >= 0.6 is 0 Å². The van der Waals surface area contributed by atoms with Gasteiger partial charge in [-0.1, -0.05) is 84.7 Å². The minimum Gasteiger partial charge on any atom is -0.493 e. The van der Waals surface area contributed by atoms with Gasteiger partial charge < -0.3 is 19.1 Å². The van der Waals surface area contributed by atoms with Gasteiger partial charge in [0.25, 0.3) is 5.91 Å². The second kappa shape index (κ2) is 15.8. The molecule has 0 aromatic heterocycles. The number of carbonyl (C=O) groups excluding carboxylic acids is 2. The predicted molar refractivity (Wildman–Crippen MR) is 159 cm³/mol. The van der Waals surface area contributed by atoms with Gasteiger partial charge in [0.15, 0.2) is 0 Å². The predicted octanol–water partition coefficient (Wildman–Crippen LogP) is 7.09. The molecule has 0 spiro atoms. The first-order chi connectivity index (χ1) is 19.1. The Hall–Kier alpha value is -2.86. The van der Waals surface area contributed by atoms with Crippen LogP contribution in [0.3, 0.4) is 0 Å². The monoisotopic (exact) mass is 551 g/mol. The average Bonchev–Trinajstić information content (AvgIpc) is 3.32. The van der Waals surface area contributed by atoms with Crippen LogP contribution in [-0.2, 0) is 27.3 Å². The van der Waals surface area contributed by atoms with Crippen molar-refractivity contribution in [2.45, 2.75) is 92.4 Å². The Bertz CT molecular complexity index is 1070. The van der Waals surface area contributed by atoms with E-state index in [1.54, 1.807) is 0 Å². The number of esters is 1. The lowest BCUT2D eigenvalue weighted by Gasteiger charge is -2.25. The van der Waals surface area contributed by atoms with Crippen molar-refractivity contribution < 1.29 is 23.8 Å². The van der Waals surface area contributed by atoms with E-state index < -0.39 is 0 Å². The molecule has 0 bridgehead atoms. The highest BCUT2D eigenvalue weighted by atomic mass is 16.5. The Morgan fingerprint density at radius 2 is 1.65 bits per heavy atom. The van der Waals surface area contributed by atoms with Crippen LogP contribution in [0.15, 0.2) is 48.5 Å². The van der Waals surface area contributed by atoms with Gasteiger partial charge in [-0.25, -0.2) is 0 Å². The number of rotatable bonds is 15. The summed E-state index contributed by atoms with van der Waals surface area (Å²) in [7, 11) is 0. The zero-order chi connectivity index (χ0) is 29.1. The molecule has 2 aromatic rings. The summed E-state index contributed by atoms with van der Waals surface area (Å²) in [5.74, 6) is 1.68. The Morgan fingerprint density at radius 3 is 2.33 bits per heavy atom. The van der Waals surface area contributed by atoms with E-state index in [1.807, 2.05) is 53.4 Å². The van der Waals surface area contributed by atoms with E-state index in [2.05, 4.69) is 41.5 Å². The zero-order valence-corrected chi connectivity index (χ0v) is 25.4. The van der Waals surface area contributed by atoms with Crippen molar-refractivity contribution in [1.82, 2.24) is 4.90 Å². The summed E-state index contributed by atoms with van der Waals surface area (Å²) in [5.41, 5.74) is 2.18. The fraction of sp³-hybridized carbons (Fsp3) is 0.588. The highest BCUT2D eigenvalue weighted by Gasteiger charge is 2.36. The number of benzene rings is 2. The van der Waals surface area contributed by atoms with Gasteiger partial charge in [-0.05, 0) is 54.4 Å². The minimum atomic E-state index is -0.349. The smallest absolute Gasteiger partial charge is 0.310 e. The average molecular weight is 552 g/mol. The zero-order valence-electron chi connectivity index (χ0n) is 25.4. The van der Waals surface area contributed by atoms with Crippen LogP contribution in [0.25, 0.3) is 0 Å². The van der Waals surface area contributed by atoms with Gasteiger partial charge in [0.05, 0.1) is 19.1 Å². The van der Waals surface area contributed by atoms with Gasteiger partial charge >= 0.3 is 5.97 Å². The number of nitrogens with zero attached hydrogens (tertiary/aromatic N) is 1. The van der Waals surface area contributed by atoms with Crippen LogP contribution in [-0.4, -0.2) is 48.7 Å². The molecule has 1 aliphatic heterocycles. The van der Waals surface area contributed by atoms with Crippen molar-refractivity contribution in [2.75, 3.05) is 19.8 Å². The van der Waals surface area contributed by atoms with E-state index in [4.69, 9.17) is 14.2 Å². The lowest BCUT2D eigenvalue weighted by atomic mass is 10.0. The molecular formula is C34H49NO5.